The number of esters is 1. The Morgan fingerprint density at radius 2 is 2.00 bits per heavy atom. The number of benzene rings is 1. The molecule has 1 aromatic rings. The summed E-state index contributed by atoms with van der Waals surface area (Å²) < 4.78 is 4.56. The number of carbonyl (C=O) groups excluding carboxylic acids is 1. The Labute approximate surface area is 89.2 Å². The molecule has 0 aliphatic carbocycles. The van der Waals surface area contributed by atoms with E-state index in [1.54, 1.807) is 0 Å². The number of rotatable bonds is 4. The van der Waals surface area contributed by atoms with Crippen molar-refractivity contribution in [3.8, 4) is 0 Å². The minimum atomic E-state index is -0.623. The summed E-state index contributed by atoms with van der Waals surface area (Å²) in [5, 5.41) is 0. The molecule has 0 saturated carbocycles. The number of hydrogen-bond donors (Lipinski definition) is 2. The summed E-state index contributed by atoms with van der Waals surface area (Å²) in [4.78, 5) is 11.1. The van der Waals surface area contributed by atoms with E-state index in [1.807, 2.05) is 24.3 Å². The van der Waals surface area contributed by atoms with Crippen LogP contribution in [0.2, 0.25) is 0 Å². The zero-order chi connectivity index (χ0) is 11.3. The Morgan fingerprint density at radius 3 is 2.53 bits per heavy atom. The van der Waals surface area contributed by atoms with Gasteiger partial charge in [-0.2, -0.15) is 0 Å². The van der Waals surface area contributed by atoms with Crippen molar-refractivity contribution in [3.05, 3.63) is 35.4 Å². The fourth-order valence-corrected chi connectivity index (χ4v) is 1.43. The fourth-order valence-electron chi connectivity index (χ4n) is 1.43. The molecule has 0 aliphatic heterocycles. The van der Waals surface area contributed by atoms with Crippen molar-refractivity contribution in [2.75, 3.05) is 7.11 Å². The first kappa shape index (κ1) is 11.7. The maximum Gasteiger partial charge on any atom is 0.322 e. The van der Waals surface area contributed by atoms with Gasteiger partial charge in [0.1, 0.15) is 6.04 Å². The van der Waals surface area contributed by atoms with E-state index < -0.39 is 12.0 Å². The van der Waals surface area contributed by atoms with Gasteiger partial charge in [0.25, 0.3) is 0 Å². The summed E-state index contributed by atoms with van der Waals surface area (Å²) >= 11 is 0. The maximum atomic E-state index is 11.1. The van der Waals surface area contributed by atoms with E-state index in [4.69, 9.17) is 11.5 Å². The number of methoxy groups -OCH3 is 1. The van der Waals surface area contributed by atoms with Crippen molar-refractivity contribution >= 4 is 5.97 Å². The number of carbonyl (C=O) groups is 1. The van der Waals surface area contributed by atoms with Crippen LogP contribution in [0.4, 0.5) is 0 Å². The zero-order valence-electron chi connectivity index (χ0n) is 8.77. The van der Waals surface area contributed by atoms with Gasteiger partial charge in [0.05, 0.1) is 7.11 Å². The lowest BCUT2D eigenvalue weighted by atomic mass is 10.0. The molecule has 1 rings (SSSR count). The number of hydrogen-bond acceptors (Lipinski definition) is 4. The van der Waals surface area contributed by atoms with Crippen molar-refractivity contribution in [2.45, 2.75) is 19.0 Å². The normalized spacial score (nSPS) is 12.2. The lowest BCUT2D eigenvalue weighted by Crippen LogP contribution is -2.34. The average Bonchev–Trinajstić information content (AvgIpc) is 2.28. The smallest absolute Gasteiger partial charge is 0.322 e. The molecular weight excluding hydrogens is 192 g/mol. The molecule has 82 valence electrons. The summed E-state index contributed by atoms with van der Waals surface area (Å²) in [6.45, 7) is 0.448. The predicted octanol–water partition coefficient (Wildman–Crippen LogP) is 0.188. The van der Waals surface area contributed by atoms with Gasteiger partial charge < -0.3 is 16.2 Å². The van der Waals surface area contributed by atoms with Crippen LogP contribution in [0, 0.1) is 0 Å². The van der Waals surface area contributed by atoms with E-state index in [0.29, 0.717) is 13.0 Å². The van der Waals surface area contributed by atoms with Gasteiger partial charge in [0, 0.05) is 6.54 Å². The highest BCUT2D eigenvalue weighted by molar-refractivity contribution is 5.75. The van der Waals surface area contributed by atoms with Crippen LogP contribution in [-0.4, -0.2) is 19.1 Å². The third-order valence-electron chi connectivity index (χ3n) is 2.28. The predicted molar refractivity (Wildman–Crippen MR) is 58.0 cm³/mol. The van der Waals surface area contributed by atoms with E-state index in [9.17, 15) is 4.79 Å². The third kappa shape index (κ3) is 3.04. The first-order valence-electron chi connectivity index (χ1n) is 4.79. The van der Waals surface area contributed by atoms with Gasteiger partial charge in [0.2, 0.25) is 0 Å². The maximum absolute atomic E-state index is 11.1. The molecule has 0 fully saturated rings. The van der Waals surface area contributed by atoms with Crippen molar-refractivity contribution in [1.82, 2.24) is 0 Å². The largest absolute Gasteiger partial charge is 0.468 e. The molecule has 1 atom stereocenters. The molecule has 0 spiro atoms. The van der Waals surface area contributed by atoms with E-state index in [2.05, 4.69) is 4.74 Å². The Hall–Kier alpha value is -1.39. The molecule has 0 heterocycles. The Morgan fingerprint density at radius 1 is 1.40 bits per heavy atom. The standard InChI is InChI=1S/C11H16N2O2/c1-15-11(14)10(13)6-8-4-2-3-5-9(8)7-12/h2-5,10H,6-7,12-13H2,1H3. The molecule has 15 heavy (non-hydrogen) atoms. The molecule has 4 N–H and O–H groups in total. The first-order valence-corrected chi connectivity index (χ1v) is 4.79. The van der Waals surface area contributed by atoms with Crippen molar-refractivity contribution < 1.29 is 9.53 Å². The Kier molecular flexibility index (Phi) is 4.27. The van der Waals surface area contributed by atoms with Gasteiger partial charge in [-0.15, -0.1) is 0 Å². The molecule has 0 aromatic heterocycles. The van der Waals surface area contributed by atoms with Crippen molar-refractivity contribution in [3.63, 3.8) is 0 Å². The first-order chi connectivity index (χ1) is 7.19. The van der Waals surface area contributed by atoms with Crippen LogP contribution in [-0.2, 0) is 22.5 Å². The molecule has 0 radical (unpaired) electrons. The van der Waals surface area contributed by atoms with Gasteiger partial charge in [-0.05, 0) is 17.5 Å². The van der Waals surface area contributed by atoms with Crippen LogP contribution in [0.25, 0.3) is 0 Å². The molecule has 0 saturated heterocycles. The van der Waals surface area contributed by atoms with Gasteiger partial charge in [-0.1, -0.05) is 24.3 Å². The number of ether oxygens (including phenoxy) is 1. The lowest BCUT2D eigenvalue weighted by Gasteiger charge is -2.11. The molecule has 0 bridgehead atoms. The summed E-state index contributed by atoms with van der Waals surface area (Å²) in [7, 11) is 1.33. The summed E-state index contributed by atoms with van der Waals surface area (Å²) in [6, 6.07) is 7.04. The second kappa shape index (κ2) is 5.48. The molecule has 0 aliphatic rings. The molecular formula is C11H16N2O2. The lowest BCUT2D eigenvalue weighted by molar-refractivity contribution is -0.142. The minimum Gasteiger partial charge on any atom is -0.468 e. The van der Waals surface area contributed by atoms with Crippen LogP contribution >= 0.6 is 0 Å². The molecule has 0 amide bonds. The number of nitrogens with two attached hydrogens (primary N) is 2. The zero-order valence-corrected chi connectivity index (χ0v) is 8.77. The highest BCUT2D eigenvalue weighted by Gasteiger charge is 2.15. The van der Waals surface area contributed by atoms with E-state index >= 15 is 0 Å². The molecule has 4 nitrogen and oxygen atoms in total. The van der Waals surface area contributed by atoms with Crippen molar-refractivity contribution in [1.29, 1.82) is 0 Å². The summed E-state index contributed by atoms with van der Waals surface area (Å²) in [5.74, 6) is -0.401. The second-order valence-corrected chi connectivity index (χ2v) is 3.31. The fraction of sp³-hybridized carbons (Fsp3) is 0.364. The highest BCUT2D eigenvalue weighted by atomic mass is 16.5. The molecule has 4 heteroatoms. The summed E-state index contributed by atoms with van der Waals surface area (Å²) in [5.41, 5.74) is 13.3. The van der Waals surface area contributed by atoms with Gasteiger partial charge in [-0.25, -0.2) is 0 Å². The van der Waals surface area contributed by atoms with Gasteiger partial charge in [0.15, 0.2) is 0 Å². The average molecular weight is 208 g/mol. The van der Waals surface area contributed by atoms with E-state index in [0.717, 1.165) is 11.1 Å². The Balaban J connectivity index is 2.75. The highest BCUT2D eigenvalue weighted by Crippen LogP contribution is 2.10. The quantitative estimate of drug-likeness (QED) is 0.692. The monoisotopic (exact) mass is 208 g/mol. The van der Waals surface area contributed by atoms with Crippen LogP contribution in [0.3, 0.4) is 0 Å². The minimum absolute atomic E-state index is 0.401. The van der Waals surface area contributed by atoms with Gasteiger partial charge in [-0.3, -0.25) is 4.79 Å². The van der Waals surface area contributed by atoms with Crippen molar-refractivity contribution in [2.24, 2.45) is 11.5 Å². The van der Waals surface area contributed by atoms with Crippen LogP contribution in [0.15, 0.2) is 24.3 Å². The summed E-state index contributed by atoms with van der Waals surface area (Å²) in [6.07, 6.45) is 0.458. The molecule has 1 aromatic carbocycles. The third-order valence-corrected chi connectivity index (χ3v) is 2.28. The second-order valence-electron chi connectivity index (χ2n) is 3.31. The van der Waals surface area contributed by atoms with Gasteiger partial charge >= 0.3 is 5.97 Å². The van der Waals surface area contributed by atoms with Crippen LogP contribution in [0.5, 0.6) is 0 Å². The Bertz CT molecular complexity index is 339. The van der Waals surface area contributed by atoms with Crippen LogP contribution in [0.1, 0.15) is 11.1 Å². The molecule has 1 unspecified atom stereocenters. The van der Waals surface area contributed by atoms with Crippen LogP contribution < -0.4 is 11.5 Å². The SMILES string of the molecule is COC(=O)C(N)Cc1ccccc1CN. The van der Waals surface area contributed by atoms with E-state index in [1.165, 1.54) is 7.11 Å². The topological polar surface area (TPSA) is 78.3 Å². The van der Waals surface area contributed by atoms with E-state index in [-0.39, 0.29) is 0 Å².